The lowest BCUT2D eigenvalue weighted by atomic mass is 9.87. The van der Waals surface area contributed by atoms with Crippen molar-refractivity contribution in [2.45, 2.75) is 110 Å². The van der Waals surface area contributed by atoms with Gasteiger partial charge in [-0.3, -0.25) is 9.47 Å². The van der Waals surface area contributed by atoms with Crippen LogP contribution in [0.5, 0.6) is 0 Å². The van der Waals surface area contributed by atoms with Gasteiger partial charge in [-0.1, -0.05) is 32.9 Å². The number of amides is 3. The molecule has 5 N–H and O–H groups in total. The number of carbonyl (C=O) groups excluding carboxylic acids is 2. The summed E-state index contributed by atoms with van der Waals surface area (Å²) < 4.78 is 26.6. The molecule has 2 fully saturated rings. The van der Waals surface area contributed by atoms with Crippen LogP contribution in [0.3, 0.4) is 0 Å². The van der Waals surface area contributed by atoms with Gasteiger partial charge in [0.25, 0.3) is 0 Å². The predicted octanol–water partition coefficient (Wildman–Crippen LogP) is 4.55. The van der Waals surface area contributed by atoms with E-state index in [1.165, 1.54) is 11.9 Å². The lowest BCUT2D eigenvalue weighted by Gasteiger charge is -2.29. The number of benzene rings is 1. The average Bonchev–Trinajstić information content (AvgIpc) is 3.67. The molecular formula is C35H53N9O6. The number of urea groups is 1. The summed E-state index contributed by atoms with van der Waals surface area (Å²) in [7, 11) is 0. The van der Waals surface area contributed by atoms with Crippen LogP contribution < -0.4 is 21.7 Å². The van der Waals surface area contributed by atoms with Gasteiger partial charge in [0.05, 0.1) is 6.33 Å². The van der Waals surface area contributed by atoms with Crippen LogP contribution in [0.25, 0.3) is 11.2 Å². The van der Waals surface area contributed by atoms with Gasteiger partial charge in [-0.2, -0.15) is 0 Å². The summed E-state index contributed by atoms with van der Waals surface area (Å²) in [6.07, 6.45) is 2.43. The standard InChI is InChI=1S/C35H53N9O6/c1-33(2,3)22-11-13-23(14-12-22)42-31(45)37-16-18-43(17-10-9-15-38-32(46)50-34(4,5)6)19-24-26-27(49-35(7,8)48-26)30(47-24)44-21-41-25-28(36)39-20-40-29(25)44/h11-14,20-21,24,26-27,30H,9-10,15-19H2,1-8H3,(H,38,46)(H2,36,39,40)(H2,37,42,45)/t24-,26-,27-,30?/m1/s1. The molecule has 1 aromatic carbocycles. The molecule has 3 amide bonds. The quantitative estimate of drug-likeness (QED) is 0.195. The van der Waals surface area contributed by atoms with Crippen LogP contribution in [0.2, 0.25) is 0 Å². The monoisotopic (exact) mass is 695 g/mol. The number of aromatic nitrogens is 4. The average molecular weight is 696 g/mol. The zero-order chi connectivity index (χ0) is 36.3. The maximum atomic E-state index is 12.8. The molecule has 2 aliphatic heterocycles. The molecule has 0 radical (unpaired) electrons. The first-order valence-corrected chi connectivity index (χ1v) is 17.3. The number of rotatable bonds is 12. The Labute approximate surface area is 294 Å². The highest BCUT2D eigenvalue weighted by atomic mass is 16.8. The number of unbranched alkanes of at least 4 members (excludes halogenated alkanes) is 1. The number of ether oxygens (including phenoxy) is 4. The minimum absolute atomic E-state index is 0.0272. The number of hydrogen-bond acceptors (Lipinski definition) is 11. The fourth-order valence-corrected chi connectivity index (χ4v) is 6.16. The second-order valence-corrected chi connectivity index (χ2v) is 15.4. The Bertz CT molecular complexity index is 1620. The minimum Gasteiger partial charge on any atom is -0.444 e. The molecule has 15 nitrogen and oxygen atoms in total. The van der Waals surface area contributed by atoms with E-state index in [2.05, 4.69) is 56.6 Å². The maximum absolute atomic E-state index is 12.8. The predicted molar refractivity (Wildman–Crippen MR) is 190 cm³/mol. The number of anilines is 2. The summed E-state index contributed by atoms with van der Waals surface area (Å²) in [6, 6.07) is 7.60. The second-order valence-electron chi connectivity index (χ2n) is 15.4. The summed E-state index contributed by atoms with van der Waals surface area (Å²) in [6.45, 7) is 18.4. The molecule has 274 valence electrons. The van der Waals surface area contributed by atoms with Crippen molar-refractivity contribution in [3.05, 3.63) is 42.5 Å². The largest absolute Gasteiger partial charge is 0.444 e. The van der Waals surface area contributed by atoms with Crippen LogP contribution >= 0.6 is 0 Å². The van der Waals surface area contributed by atoms with Gasteiger partial charge in [0.15, 0.2) is 23.5 Å². The van der Waals surface area contributed by atoms with Crippen molar-refractivity contribution in [3.8, 4) is 0 Å². The highest BCUT2D eigenvalue weighted by Crippen LogP contribution is 2.44. The summed E-state index contributed by atoms with van der Waals surface area (Å²) in [5.41, 5.74) is 8.48. The Morgan fingerprint density at radius 2 is 1.68 bits per heavy atom. The normalized spacial score (nSPS) is 21.7. The number of nitrogens with two attached hydrogens (primary N) is 1. The molecule has 15 heteroatoms. The van der Waals surface area contributed by atoms with Crippen LogP contribution in [0.1, 0.15) is 80.0 Å². The lowest BCUT2D eigenvalue weighted by Crippen LogP contribution is -2.44. The molecular weight excluding hydrogens is 642 g/mol. The number of alkyl carbamates (subject to hydrolysis) is 1. The number of fused-ring (bicyclic) bond motifs is 2. The van der Waals surface area contributed by atoms with E-state index in [4.69, 9.17) is 24.7 Å². The first-order valence-electron chi connectivity index (χ1n) is 17.3. The summed E-state index contributed by atoms with van der Waals surface area (Å²) >= 11 is 0. The van der Waals surface area contributed by atoms with Crippen LogP contribution in [0.15, 0.2) is 36.9 Å². The molecule has 50 heavy (non-hydrogen) atoms. The van der Waals surface area contributed by atoms with E-state index in [-0.39, 0.29) is 29.5 Å². The second kappa shape index (κ2) is 15.1. The SMILES string of the molecule is CC(C)(C)OC(=O)NCCCCN(CCNC(=O)Nc1ccc(C(C)(C)C)cc1)C[C@H]1OC(n2cnc3c(N)ncnc32)[C@@H]2OC(C)(C)O[C@H]12. The van der Waals surface area contributed by atoms with E-state index in [0.29, 0.717) is 43.9 Å². The van der Waals surface area contributed by atoms with Gasteiger partial charge in [0.1, 0.15) is 35.8 Å². The number of nitrogens with one attached hydrogen (secondary N) is 3. The molecule has 3 aromatic rings. The zero-order valence-corrected chi connectivity index (χ0v) is 30.5. The van der Waals surface area contributed by atoms with Gasteiger partial charge < -0.3 is 40.6 Å². The Balaban J connectivity index is 1.23. The van der Waals surface area contributed by atoms with Crippen molar-refractivity contribution >= 4 is 34.8 Å². The van der Waals surface area contributed by atoms with Crippen molar-refractivity contribution in [1.82, 2.24) is 35.1 Å². The van der Waals surface area contributed by atoms with Crippen molar-refractivity contribution < 1.29 is 28.5 Å². The first kappa shape index (κ1) is 37.2. The third-order valence-corrected chi connectivity index (χ3v) is 8.52. The molecule has 0 saturated carbocycles. The molecule has 4 atom stereocenters. The van der Waals surface area contributed by atoms with E-state index < -0.39 is 29.8 Å². The topological polar surface area (TPSA) is 180 Å². The summed E-state index contributed by atoms with van der Waals surface area (Å²) in [5.74, 6) is -0.530. The number of nitrogen functional groups attached to an aromatic ring is 1. The zero-order valence-electron chi connectivity index (χ0n) is 30.5. The van der Waals surface area contributed by atoms with E-state index in [1.54, 1.807) is 6.33 Å². The lowest BCUT2D eigenvalue weighted by molar-refractivity contribution is -0.198. The number of carbonyl (C=O) groups is 2. The van der Waals surface area contributed by atoms with Crippen LogP contribution in [-0.4, -0.2) is 99.0 Å². The maximum Gasteiger partial charge on any atom is 0.407 e. The van der Waals surface area contributed by atoms with Crippen molar-refractivity contribution in [1.29, 1.82) is 0 Å². The molecule has 4 heterocycles. The Morgan fingerprint density at radius 1 is 0.960 bits per heavy atom. The highest BCUT2D eigenvalue weighted by Gasteiger charge is 2.56. The third-order valence-electron chi connectivity index (χ3n) is 8.52. The van der Waals surface area contributed by atoms with E-state index in [0.717, 1.165) is 18.5 Å². The molecule has 2 saturated heterocycles. The van der Waals surface area contributed by atoms with Crippen molar-refractivity contribution in [2.24, 2.45) is 0 Å². The van der Waals surface area contributed by atoms with Gasteiger partial charge in [0.2, 0.25) is 0 Å². The van der Waals surface area contributed by atoms with E-state index in [1.807, 2.05) is 63.5 Å². The first-order chi connectivity index (χ1) is 23.5. The van der Waals surface area contributed by atoms with Gasteiger partial charge in [-0.05, 0) is 77.1 Å². The Hall–Kier alpha value is -4.05. The van der Waals surface area contributed by atoms with Crippen molar-refractivity contribution in [2.75, 3.05) is 43.8 Å². The number of hydrogen-bond donors (Lipinski definition) is 4. The smallest absolute Gasteiger partial charge is 0.407 e. The van der Waals surface area contributed by atoms with Crippen LogP contribution in [-0.2, 0) is 24.4 Å². The van der Waals surface area contributed by atoms with E-state index in [9.17, 15) is 9.59 Å². The van der Waals surface area contributed by atoms with Crippen LogP contribution in [0.4, 0.5) is 21.1 Å². The van der Waals surface area contributed by atoms with Gasteiger partial charge in [-0.25, -0.2) is 24.5 Å². The molecule has 1 unspecified atom stereocenters. The molecule has 0 bridgehead atoms. The Morgan fingerprint density at radius 3 is 2.38 bits per heavy atom. The Kier molecular flexibility index (Phi) is 11.2. The van der Waals surface area contributed by atoms with Gasteiger partial charge in [-0.15, -0.1) is 0 Å². The van der Waals surface area contributed by atoms with Gasteiger partial charge in [0, 0.05) is 31.9 Å². The fourth-order valence-electron chi connectivity index (χ4n) is 6.16. The molecule has 5 rings (SSSR count). The molecule has 0 spiro atoms. The third kappa shape index (κ3) is 9.59. The molecule has 0 aliphatic carbocycles. The fraction of sp³-hybridized carbons (Fsp3) is 0.629. The minimum atomic E-state index is -0.817. The summed E-state index contributed by atoms with van der Waals surface area (Å²) in [5, 5.41) is 8.73. The molecule has 2 aliphatic rings. The highest BCUT2D eigenvalue weighted by molar-refractivity contribution is 5.89. The van der Waals surface area contributed by atoms with E-state index >= 15 is 0 Å². The van der Waals surface area contributed by atoms with Gasteiger partial charge >= 0.3 is 12.1 Å². The number of nitrogens with zero attached hydrogens (tertiary/aromatic N) is 5. The molecule has 2 aromatic heterocycles. The van der Waals surface area contributed by atoms with Crippen molar-refractivity contribution in [3.63, 3.8) is 0 Å². The van der Waals surface area contributed by atoms with Crippen LogP contribution in [0, 0.1) is 0 Å². The number of imidazole rings is 1. The summed E-state index contributed by atoms with van der Waals surface area (Å²) in [4.78, 5) is 40.1.